The number of alkyl halides is 1. The highest BCUT2D eigenvalue weighted by molar-refractivity contribution is 5.64. The van der Waals surface area contributed by atoms with Crippen LogP contribution in [-0.4, -0.2) is 21.6 Å². The summed E-state index contributed by atoms with van der Waals surface area (Å²) in [7, 11) is 1.49. The molecule has 24 heavy (non-hydrogen) atoms. The molecule has 0 radical (unpaired) electrons. The van der Waals surface area contributed by atoms with E-state index in [9.17, 15) is 14.3 Å². The number of anilines is 2. The Morgan fingerprint density at radius 3 is 2.67 bits per heavy atom. The first-order chi connectivity index (χ1) is 11.7. The molecule has 0 unspecified atom stereocenters. The number of ether oxygens (including phenoxy) is 1. The van der Waals surface area contributed by atoms with Gasteiger partial charge in [-0.25, -0.2) is 9.37 Å². The van der Waals surface area contributed by atoms with E-state index < -0.39 is 13.3 Å². The zero-order valence-electron chi connectivity index (χ0n) is 13.0. The summed E-state index contributed by atoms with van der Waals surface area (Å²) in [6.07, 6.45) is 1.56. The van der Waals surface area contributed by atoms with Gasteiger partial charge in [0.05, 0.1) is 19.3 Å². The van der Waals surface area contributed by atoms with Gasteiger partial charge in [-0.2, -0.15) is 0 Å². The third kappa shape index (κ3) is 2.81. The Labute approximate surface area is 137 Å². The van der Waals surface area contributed by atoms with Crippen molar-refractivity contribution >= 4 is 17.2 Å². The lowest BCUT2D eigenvalue weighted by Crippen LogP contribution is -2.22. The van der Waals surface area contributed by atoms with Gasteiger partial charge >= 0.3 is 0 Å². The standard InChI is InChI=1S/C17H16FN3O3/c1-24-14-3-2-8-21-16(14)20-15(13(10-22)17(21)23)19-12-6-4-11(9-18)5-7-12/h2-8,19,22H,9-10H2,1H3. The summed E-state index contributed by atoms with van der Waals surface area (Å²) in [5.74, 6) is 0.676. The fourth-order valence-corrected chi connectivity index (χ4v) is 2.39. The zero-order valence-corrected chi connectivity index (χ0v) is 13.0. The number of methoxy groups -OCH3 is 1. The summed E-state index contributed by atoms with van der Waals surface area (Å²) in [4.78, 5) is 17.0. The topological polar surface area (TPSA) is 75.9 Å². The minimum absolute atomic E-state index is 0.135. The fraction of sp³-hybridized carbons (Fsp3) is 0.176. The highest BCUT2D eigenvalue weighted by atomic mass is 19.1. The van der Waals surface area contributed by atoms with E-state index in [1.165, 1.54) is 11.5 Å². The van der Waals surface area contributed by atoms with Gasteiger partial charge in [0.2, 0.25) is 0 Å². The van der Waals surface area contributed by atoms with Crippen molar-refractivity contribution < 1.29 is 14.2 Å². The molecular weight excluding hydrogens is 313 g/mol. The summed E-state index contributed by atoms with van der Waals surface area (Å²) in [6, 6.07) is 9.99. The highest BCUT2D eigenvalue weighted by Gasteiger charge is 2.14. The second-order valence-corrected chi connectivity index (χ2v) is 5.13. The minimum atomic E-state index is -0.547. The number of hydrogen-bond acceptors (Lipinski definition) is 5. The Hall–Kier alpha value is -2.93. The van der Waals surface area contributed by atoms with E-state index in [2.05, 4.69) is 10.3 Å². The van der Waals surface area contributed by atoms with Gasteiger partial charge in [0.1, 0.15) is 12.5 Å². The number of halogens is 1. The normalized spacial score (nSPS) is 10.8. The number of aromatic nitrogens is 2. The molecule has 0 amide bonds. The quantitative estimate of drug-likeness (QED) is 0.752. The van der Waals surface area contributed by atoms with E-state index in [0.29, 0.717) is 22.6 Å². The van der Waals surface area contributed by atoms with Gasteiger partial charge in [0.15, 0.2) is 11.4 Å². The van der Waals surface area contributed by atoms with Gasteiger partial charge in [0, 0.05) is 11.9 Å². The van der Waals surface area contributed by atoms with Gasteiger partial charge < -0.3 is 15.2 Å². The number of nitrogens with zero attached hydrogens (tertiary/aromatic N) is 2. The molecule has 3 rings (SSSR count). The third-order valence-electron chi connectivity index (χ3n) is 3.66. The number of pyridine rings is 1. The number of hydrogen-bond donors (Lipinski definition) is 2. The number of benzene rings is 1. The van der Waals surface area contributed by atoms with Crippen molar-refractivity contribution in [1.82, 2.24) is 9.38 Å². The Bertz CT molecular complexity index is 923. The maximum atomic E-state index is 12.6. The number of rotatable bonds is 5. The van der Waals surface area contributed by atoms with E-state index in [4.69, 9.17) is 4.74 Å². The zero-order chi connectivity index (χ0) is 17.1. The molecule has 0 saturated heterocycles. The van der Waals surface area contributed by atoms with Crippen LogP contribution >= 0.6 is 0 Å². The molecule has 0 aliphatic rings. The van der Waals surface area contributed by atoms with Crippen LogP contribution < -0.4 is 15.6 Å². The molecule has 1 aromatic carbocycles. The van der Waals surface area contributed by atoms with E-state index >= 15 is 0 Å². The summed E-state index contributed by atoms with van der Waals surface area (Å²) >= 11 is 0. The predicted molar refractivity (Wildman–Crippen MR) is 88.5 cm³/mol. The number of aliphatic hydroxyl groups excluding tert-OH is 1. The lowest BCUT2D eigenvalue weighted by atomic mass is 10.2. The van der Waals surface area contributed by atoms with Crippen molar-refractivity contribution in [3.63, 3.8) is 0 Å². The monoisotopic (exact) mass is 329 g/mol. The first-order valence-electron chi connectivity index (χ1n) is 7.29. The van der Waals surface area contributed by atoms with E-state index in [0.717, 1.165) is 0 Å². The SMILES string of the molecule is COc1cccn2c(=O)c(CO)c(Nc3ccc(CF)cc3)nc12. The van der Waals surface area contributed by atoms with Crippen molar-refractivity contribution in [3.05, 3.63) is 64.1 Å². The summed E-state index contributed by atoms with van der Waals surface area (Å²) in [5, 5.41) is 12.6. The van der Waals surface area contributed by atoms with E-state index in [-0.39, 0.29) is 16.9 Å². The van der Waals surface area contributed by atoms with Crippen LogP contribution in [0.3, 0.4) is 0 Å². The van der Waals surface area contributed by atoms with Crippen molar-refractivity contribution in [3.8, 4) is 5.75 Å². The molecule has 6 nitrogen and oxygen atoms in total. The van der Waals surface area contributed by atoms with Crippen LogP contribution in [0.1, 0.15) is 11.1 Å². The largest absolute Gasteiger partial charge is 0.493 e. The molecule has 2 N–H and O–H groups in total. The Balaban J connectivity index is 2.13. The van der Waals surface area contributed by atoms with Crippen LogP contribution in [0.2, 0.25) is 0 Å². The van der Waals surface area contributed by atoms with E-state index in [1.807, 2.05) is 0 Å². The van der Waals surface area contributed by atoms with Crippen molar-refractivity contribution in [2.24, 2.45) is 0 Å². The Morgan fingerprint density at radius 1 is 1.29 bits per heavy atom. The van der Waals surface area contributed by atoms with Crippen LogP contribution in [0.15, 0.2) is 47.4 Å². The molecule has 0 saturated carbocycles. The average molecular weight is 329 g/mol. The summed E-state index contributed by atoms with van der Waals surface area (Å²) in [6.45, 7) is -1.01. The van der Waals surface area contributed by atoms with Gasteiger partial charge in [-0.1, -0.05) is 12.1 Å². The van der Waals surface area contributed by atoms with Crippen LogP contribution in [0.4, 0.5) is 15.9 Å². The maximum Gasteiger partial charge on any atom is 0.265 e. The lowest BCUT2D eigenvalue weighted by molar-refractivity contribution is 0.280. The molecular formula is C17H16FN3O3. The predicted octanol–water partition coefficient (Wildman–Crippen LogP) is 2.41. The van der Waals surface area contributed by atoms with Crippen LogP contribution in [0, 0.1) is 0 Å². The van der Waals surface area contributed by atoms with Gasteiger partial charge in [-0.15, -0.1) is 0 Å². The molecule has 3 aromatic rings. The van der Waals surface area contributed by atoms with Gasteiger partial charge in [0.25, 0.3) is 5.56 Å². The number of fused-ring (bicyclic) bond motifs is 1. The molecule has 0 aliphatic carbocycles. The molecule has 0 fully saturated rings. The minimum Gasteiger partial charge on any atom is -0.493 e. The van der Waals surface area contributed by atoms with Crippen molar-refractivity contribution in [2.75, 3.05) is 12.4 Å². The van der Waals surface area contributed by atoms with Gasteiger partial charge in [-0.3, -0.25) is 9.20 Å². The van der Waals surface area contributed by atoms with Crippen molar-refractivity contribution in [1.29, 1.82) is 0 Å². The fourth-order valence-electron chi connectivity index (χ4n) is 2.39. The molecule has 7 heteroatoms. The number of nitrogens with one attached hydrogen (secondary N) is 1. The van der Waals surface area contributed by atoms with Crippen LogP contribution in [0.25, 0.3) is 5.65 Å². The molecule has 2 heterocycles. The highest BCUT2D eigenvalue weighted by Crippen LogP contribution is 2.22. The smallest absolute Gasteiger partial charge is 0.265 e. The summed E-state index contributed by atoms with van der Waals surface area (Å²) in [5.41, 5.74) is 1.27. The Morgan fingerprint density at radius 2 is 2.04 bits per heavy atom. The second-order valence-electron chi connectivity index (χ2n) is 5.13. The maximum absolute atomic E-state index is 12.6. The summed E-state index contributed by atoms with van der Waals surface area (Å²) < 4.78 is 19.1. The number of aliphatic hydroxyl groups is 1. The molecule has 0 atom stereocenters. The van der Waals surface area contributed by atoms with Gasteiger partial charge in [-0.05, 0) is 29.8 Å². The van der Waals surface area contributed by atoms with Crippen LogP contribution in [-0.2, 0) is 13.3 Å². The molecule has 0 spiro atoms. The lowest BCUT2D eigenvalue weighted by Gasteiger charge is -2.13. The molecule has 124 valence electrons. The molecule has 0 bridgehead atoms. The first-order valence-corrected chi connectivity index (χ1v) is 7.29. The Kier molecular flexibility index (Phi) is 4.43. The van der Waals surface area contributed by atoms with Crippen LogP contribution in [0.5, 0.6) is 5.75 Å². The molecule has 0 aliphatic heterocycles. The molecule has 2 aromatic heterocycles. The van der Waals surface area contributed by atoms with Crippen molar-refractivity contribution in [2.45, 2.75) is 13.3 Å². The second kappa shape index (κ2) is 6.67. The third-order valence-corrected chi connectivity index (χ3v) is 3.66. The van der Waals surface area contributed by atoms with E-state index in [1.54, 1.807) is 42.6 Å². The average Bonchev–Trinajstić information content (AvgIpc) is 2.62. The first kappa shape index (κ1) is 15.9.